The van der Waals surface area contributed by atoms with Gasteiger partial charge >= 0.3 is 0 Å². The van der Waals surface area contributed by atoms with Crippen LogP contribution in [-0.2, 0) is 11.2 Å². The van der Waals surface area contributed by atoms with E-state index < -0.39 is 0 Å². The molecule has 0 spiro atoms. The van der Waals surface area contributed by atoms with Gasteiger partial charge in [0, 0.05) is 11.4 Å². The van der Waals surface area contributed by atoms with Crippen LogP contribution in [0.15, 0.2) is 52.5 Å². The first-order valence-electron chi connectivity index (χ1n) is 9.98. The van der Waals surface area contributed by atoms with Gasteiger partial charge in [0.2, 0.25) is 5.91 Å². The fraction of sp³-hybridized carbons (Fsp3) is 0.273. The van der Waals surface area contributed by atoms with Crippen LogP contribution in [0.4, 0.5) is 5.13 Å². The molecule has 3 heterocycles. The third-order valence-electron chi connectivity index (χ3n) is 4.76. The highest BCUT2D eigenvalue weighted by atomic mass is 32.1. The number of nitrogens with zero attached hydrogens (tertiary/aromatic N) is 3. The summed E-state index contributed by atoms with van der Waals surface area (Å²) in [5, 5.41) is 7.85. The number of thiazole rings is 1. The van der Waals surface area contributed by atoms with Gasteiger partial charge in [0.15, 0.2) is 10.9 Å². The maximum Gasteiger partial charge on any atom is 0.293 e. The van der Waals surface area contributed by atoms with E-state index in [0.717, 1.165) is 16.9 Å². The molecule has 160 valence electrons. The Kier molecular flexibility index (Phi) is 5.85. The van der Waals surface area contributed by atoms with E-state index in [1.165, 1.54) is 17.6 Å². The molecule has 0 saturated heterocycles. The fourth-order valence-corrected chi connectivity index (χ4v) is 4.15. The van der Waals surface area contributed by atoms with Crippen molar-refractivity contribution in [2.45, 2.75) is 39.3 Å². The Morgan fingerprint density at radius 3 is 2.68 bits per heavy atom. The second-order valence-electron chi connectivity index (χ2n) is 7.46. The van der Waals surface area contributed by atoms with Crippen LogP contribution in [-0.4, -0.2) is 26.3 Å². The van der Waals surface area contributed by atoms with Gasteiger partial charge in [-0.15, -0.1) is 11.3 Å². The lowest BCUT2D eigenvalue weighted by Crippen LogP contribution is -2.30. The Morgan fingerprint density at radius 2 is 1.94 bits per heavy atom. The number of imidazole rings is 1. The highest BCUT2D eigenvalue weighted by molar-refractivity contribution is 7.14. The summed E-state index contributed by atoms with van der Waals surface area (Å²) in [5.41, 5.74) is 2.54. The van der Waals surface area contributed by atoms with Crippen LogP contribution in [0.3, 0.4) is 0 Å². The van der Waals surface area contributed by atoms with Gasteiger partial charge in [-0.2, -0.15) is 0 Å². The van der Waals surface area contributed by atoms with Gasteiger partial charge in [-0.1, -0.05) is 12.1 Å². The first-order chi connectivity index (χ1) is 14.9. The Morgan fingerprint density at radius 1 is 1.13 bits per heavy atom. The monoisotopic (exact) mass is 437 g/mol. The lowest BCUT2D eigenvalue weighted by molar-refractivity contribution is -0.121. The van der Waals surface area contributed by atoms with Gasteiger partial charge in [-0.25, -0.2) is 9.97 Å². The quantitative estimate of drug-likeness (QED) is 0.448. The number of hydrogen-bond acceptors (Lipinski definition) is 6. The number of carbonyl (C=O) groups excluding carboxylic acids is 2. The van der Waals surface area contributed by atoms with Gasteiger partial charge in [-0.05, 0) is 45.0 Å². The Balaban J connectivity index is 1.41. The van der Waals surface area contributed by atoms with Gasteiger partial charge in [0.05, 0.1) is 35.5 Å². The summed E-state index contributed by atoms with van der Waals surface area (Å²) in [6.45, 7) is 6.12. The number of hydrogen-bond donors (Lipinski definition) is 2. The zero-order valence-electron chi connectivity index (χ0n) is 17.5. The smallest absolute Gasteiger partial charge is 0.293 e. The average Bonchev–Trinajstić information content (AvgIpc) is 3.47. The minimum Gasteiger partial charge on any atom is -0.459 e. The molecule has 8 nitrogen and oxygen atoms in total. The number of furan rings is 1. The molecular formula is C22H23N5O3S. The third-order valence-corrected chi connectivity index (χ3v) is 5.57. The highest BCUT2D eigenvalue weighted by Gasteiger charge is 2.20. The first kappa shape index (κ1) is 20.8. The SMILES string of the molecule is CC(NC(=O)Cc1csc(NC(=O)c2ccco2)n1)c1nc2ccccc2n1C(C)C. The predicted molar refractivity (Wildman–Crippen MR) is 119 cm³/mol. The summed E-state index contributed by atoms with van der Waals surface area (Å²) >= 11 is 1.26. The van der Waals surface area contributed by atoms with Crippen molar-refractivity contribution < 1.29 is 14.0 Å². The molecule has 3 aromatic heterocycles. The minimum atomic E-state index is -0.378. The topological polar surface area (TPSA) is 102 Å². The summed E-state index contributed by atoms with van der Waals surface area (Å²) in [7, 11) is 0. The van der Waals surface area contributed by atoms with E-state index in [4.69, 9.17) is 9.40 Å². The Hall–Kier alpha value is -3.46. The molecule has 0 aliphatic heterocycles. The molecule has 31 heavy (non-hydrogen) atoms. The van der Waals surface area contributed by atoms with E-state index in [9.17, 15) is 9.59 Å². The molecule has 0 aliphatic rings. The molecule has 2 N–H and O–H groups in total. The lowest BCUT2D eigenvalue weighted by atomic mass is 10.2. The minimum absolute atomic E-state index is 0.110. The molecule has 0 fully saturated rings. The summed E-state index contributed by atoms with van der Waals surface area (Å²) < 4.78 is 7.21. The van der Waals surface area contributed by atoms with E-state index in [1.807, 2.05) is 31.2 Å². The highest BCUT2D eigenvalue weighted by Crippen LogP contribution is 2.25. The molecule has 4 rings (SSSR count). The number of nitrogens with one attached hydrogen (secondary N) is 2. The van der Waals surface area contributed by atoms with E-state index in [-0.39, 0.29) is 36.1 Å². The molecule has 1 atom stereocenters. The first-order valence-corrected chi connectivity index (χ1v) is 10.9. The molecule has 2 amide bonds. The van der Waals surface area contributed by atoms with Crippen molar-refractivity contribution in [2.24, 2.45) is 0 Å². The zero-order chi connectivity index (χ0) is 22.0. The number of carbonyl (C=O) groups is 2. The van der Waals surface area contributed by atoms with Crippen LogP contribution in [0.2, 0.25) is 0 Å². The average molecular weight is 438 g/mol. The summed E-state index contributed by atoms with van der Waals surface area (Å²) in [4.78, 5) is 33.7. The Labute approximate surface area is 183 Å². The van der Waals surface area contributed by atoms with Crippen LogP contribution in [0.1, 0.15) is 54.9 Å². The Bertz CT molecular complexity index is 1210. The number of benzene rings is 1. The molecule has 0 bridgehead atoms. The largest absolute Gasteiger partial charge is 0.459 e. The van der Waals surface area contributed by atoms with Crippen LogP contribution in [0.5, 0.6) is 0 Å². The lowest BCUT2D eigenvalue weighted by Gasteiger charge is -2.18. The molecule has 1 unspecified atom stereocenters. The summed E-state index contributed by atoms with van der Waals surface area (Å²) in [6, 6.07) is 11.1. The van der Waals surface area contributed by atoms with Crippen molar-refractivity contribution in [2.75, 3.05) is 5.32 Å². The normalized spacial score (nSPS) is 12.3. The second kappa shape index (κ2) is 8.73. The van der Waals surface area contributed by atoms with Crippen molar-refractivity contribution in [3.05, 3.63) is 65.3 Å². The van der Waals surface area contributed by atoms with Gasteiger partial charge in [0.25, 0.3) is 5.91 Å². The van der Waals surface area contributed by atoms with E-state index >= 15 is 0 Å². The van der Waals surface area contributed by atoms with Crippen molar-refractivity contribution in [3.63, 3.8) is 0 Å². The van der Waals surface area contributed by atoms with E-state index in [2.05, 4.69) is 34.0 Å². The van der Waals surface area contributed by atoms with E-state index in [1.54, 1.807) is 17.5 Å². The summed E-state index contributed by atoms with van der Waals surface area (Å²) in [6.07, 6.45) is 1.54. The van der Waals surface area contributed by atoms with Crippen LogP contribution in [0, 0.1) is 0 Å². The van der Waals surface area contributed by atoms with Crippen molar-refractivity contribution >= 4 is 39.3 Å². The van der Waals surface area contributed by atoms with Crippen molar-refractivity contribution in [1.29, 1.82) is 0 Å². The number of para-hydroxylation sites is 2. The molecule has 0 saturated carbocycles. The summed E-state index contributed by atoms with van der Waals surface area (Å²) in [5.74, 6) is 0.478. The number of rotatable bonds is 7. The molecule has 9 heteroatoms. The molecule has 0 aliphatic carbocycles. The predicted octanol–water partition coefficient (Wildman–Crippen LogP) is 4.34. The third kappa shape index (κ3) is 4.51. The maximum atomic E-state index is 12.6. The second-order valence-corrected chi connectivity index (χ2v) is 8.32. The van der Waals surface area contributed by atoms with Crippen molar-refractivity contribution in [1.82, 2.24) is 19.9 Å². The molecular weight excluding hydrogens is 414 g/mol. The maximum absolute atomic E-state index is 12.6. The molecule has 4 aromatic rings. The van der Waals surface area contributed by atoms with Gasteiger partial charge < -0.3 is 14.3 Å². The molecule has 1 aromatic carbocycles. The number of fused-ring (bicyclic) bond motifs is 1. The van der Waals surface area contributed by atoms with Crippen LogP contribution < -0.4 is 10.6 Å². The fourth-order valence-electron chi connectivity index (χ4n) is 3.44. The van der Waals surface area contributed by atoms with Gasteiger partial charge in [0.1, 0.15) is 5.82 Å². The van der Waals surface area contributed by atoms with Crippen LogP contribution >= 0.6 is 11.3 Å². The van der Waals surface area contributed by atoms with E-state index in [0.29, 0.717) is 10.8 Å². The van der Waals surface area contributed by atoms with Gasteiger partial charge in [-0.3, -0.25) is 14.9 Å². The van der Waals surface area contributed by atoms with Crippen LogP contribution in [0.25, 0.3) is 11.0 Å². The number of anilines is 1. The van der Waals surface area contributed by atoms with Crippen molar-refractivity contribution in [3.8, 4) is 0 Å². The zero-order valence-corrected chi connectivity index (χ0v) is 18.3. The number of amides is 2. The number of aromatic nitrogens is 3. The standard InChI is InChI=1S/C22H23N5O3S/c1-13(2)27-17-8-5-4-7-16(17)25-20(27)14(3)23-19(28)11-15-12-31-22(24-15)26-21(29)18-9-6-10-30-18/h4-10,12-14H,11H2,1-3H3,(H,23,28)(H,24,26,29). The molecule has 0 radical (unpaired) electrons.